The standard InChI is InChI=1S/C24H27N3O7S/c1-3-33-24(30)16-6-8-18(9-7-16)25-23(29)17-5-4-10-27(13-17)35(31,32)21-12-20-19(11-15(21)2)26-22(28)14-34-20/h6-9,11-12,17H,3-5,10,13-14H2,1-2H3,(H,25,29)(H,26,28)/t17-/m1/s1. The smallest absolute Gasteiger partial charge is 0.338 e. The number of anilines is 2. The van der Waals surface area contributed by atoms with Crippen LogP contribution in [0.1, 0.15) is 35.7 Å². The first-order chi connectivity index (χ1) is 16.7. The summed E-state index contributed by atoms with van der Waals surface area (Å²) in [5, 5.41) is 5.47. The predicted molar refractivity (Wildman–Crippen MR) is 128 cm³/mol. The summed E-state index contributed by atoms with van der Waals surface area (Å²) >= 11 is 0. The summed E-state index contributed by atoms with van der Waals surface area (Å²) in [5.41, 5.74) is 1.79. The van der Waals surface area contributed by atoms with Gasteiger partial charge in [0, 0.05) is 24.8 Å². The number of esters is 1. The largest absolute Gasteiger partial charge is 0.482 e. The number of carbonyl (C=O) groups excluding carboxylic acids is 3. The van der Waals surface area contributed by atoms with Crippen LogP contribution < -0.4 is 15.4 Å². The number of amides is 2. The van der Waals surface area contributed by atoms with Crippen LogP contribution in [0.4, 0.5) is 11.4 Å². The first-order valence-electron chi connectivity index (χ1n) is 11.3. The van der Waals surface area contributed by atoms with E-state index in [1.54, 1.807) is 44.2 Å². The van der Waals surface area contributed by atoms with Crippen molar-refractivity contribution in [3.63, 3.8) is 0 Å². The molecular weight excluding hydrogens is 474 g/mol. The van der Waals surface area contributed by atoms with Crippen molar-refractivity contribution in [2.45, 2.75) is 31.6 Å². The molecule has 2 aliphatic rings. The topological polar surface area (TPSA) is 131 Å². The van der Waals surface area contributed by atoms with E-state index in [0.717, 1.165) is 0 Å². The van der Waals surface area contributed by atoms with Gasteiger partial charge in [0.25, 0.3) is 5.91 Å². The fourth-order valence-corrected chi connectivity index (χ4v) is 5.90. The molecule has 1 saturated heterocycles. The molecule has 11 heteroatoms. The number of hydrogen-bond acceptors (Lipinski definition) is 7. The second-order valence-electron chi connectivity index (χ2n) is 8.44. The highest BCUT2D eigenvalue weighted by Crippen LogP contribution is 2.35. The third kappa shape index (κ3) is 5.30. The van der Waals surface area contributed by atoms with Gasteiger partial charge in [-0.2, -0.15) is 4.31 Å². The maximum Gasteiger partial charge on any atom is 0.338 e. The minimum Gasteiger partial charge on any atom is -0.482 e. The van der Waals surface area contributed by atoms with Gasteiger partial charge in [0.1, 0.15) is 5.75 Å². The van der Waals surface area contributed by atoms with Gasteiger partial charge in [0.15, 0.2) is 6.61 Å². The molecule has 2 aromatic carbocycles. The Morgan fingerprint density at radius 2 is 1.97 bits per heavy atom. The van der Waals surface area contributed by atoms with E-state index in [1.165, 1.54) is 10.4 Å². The Morgan fingerprint density at radius 3 is 2.69 bits per heavy atom. The lowest BCUT2D eigenvalue weighted by Crippen LogP contribution is -2.43. The first-order valence-corrected chi connectivity index (χ1v) is 12.8. The second kappa shape index (κ2) is 10.0. The molecule has 0 spiro atoms. The van der Waals surface area contributed by atoms with Gasteiger partial charge >= 0.3 is 5.97 Å². The Kier molecular flexibility index (Phi) is 7.08. The third-order valence-corrected chi connectivity index (χ3v) is 7.95. The van der Waals surface area contributed by atoms with Crippen molar-refractivity contribution in [1.82, 2.24) is 4.31 Å². The summed E-state index contributed by atoms with van der Waals surface area (Å²) in [4.78, 5) is 36.3. The molecule has 0 aliphatic carbocycles. The predicted octanol–water partition coefficient (Wildman–Crippen LogP) is 2.54. The van der Waals surface area contributed by atoms with Crippen LogP contribution in [-0.4, -0.2) is 56.8 Å². The van der Waals surface area contributed by atoms with Crippen molar-refractivity contribution >= 4 is 39.2 Å². The van der Waals surface area contributed by atoms with Crippen LogP contribution in [0.25, 0.3) is 0 Å². The minimum atomic E-state index is -3.89. The van der Waals surface area contributed by atoms with E-state index >= 15 is 0 Å². The zero-order valence-electron chi connectivity index (χ0n) is 19.5. The van der Waals surface area contributed by atoms with E-state index in [9.17, 15) is 22.8 Å². The van der Waals surface area contributed by atoms with Gasteiger partial charge in [-0.25, -0.2) is 13.2 Å². The van der Waals surface area contributed by atoms with Crippen LogP contribution in [0.3, 0.4) is 0 Å². The van der Waals surface area contributed by atoms with Crippen LogP contribution in [0.5, 0.6) is 5.75 Å². The zero-order valence-corrected chi connectivity index (χ0v) is 20.3. The van der Waals surface area contributed by atoms with Crippen molar-refractivity contribution < 1.29 is 32.3 Å². The van der Waals surface area contributed by atoms with E-state index in [0.29, 0.717) is 47.6 Å². The van der Waals surface area contributed by atoms with E-state index in [-0.39, 0.29) is 36.5 Å². The number of piperidine rings is 1. The number of rotatable bonds is 6. The van der Waals surface area contributed by atoms with E-state index in [1.807, 2.05) is 0 Å². The average molecular weight is 502 g/mol. The van der Waals surface area contributed by atoms with Gasteiger partial charge in [0.2, 0.25) is 15.9 Å². The maximum absolute atomic E-state index is 13.4. The Balaban J connectivity index is 1.46. The number of aryl methyl sites for hydroxylation is 1. The summed E-state index contributed by atoms with van der Waals surface area (Å²) in [6, 6.07) is 9.35. The van der Waals surface area contributed by atoms with Crippen molar-refractivity contribution in [1.29, 1.82) is 0 Å². The Hall–Kier alpha value is -3.44. The van der Waals surface area contributed by atoms with Crippen molar-refractivity contribution in [2.24, 2.45) is 5.92 Å². The summed E-state index contributed by atoms with van der Waals surface area (Å²) in [5.74, 6) is -1.26. The highest BCUT2D eigenvalue weighted by Gasteiger charge is 2.35. The Labute approximate surface area is 203 Å². The zero-order chi connectivity index (χ0) is 25.2. The molecule has 1 atom stereocenters. The lowest BCUT2D eigenvalue weighted by atomic mass is 9.98. The lowest BCUT2D eigenvalue weighted by Gasteiger charge is -2.32. The number of ether oxygens (including phenoxy) is 2. The molecule has 4 rings (SSSR count). The summed E-state index contributed by atoms with van der Waals surface area (Å²) < 4.78 is 38.6. The highest BCUT2D eigenvalue weighted by molar-refractivity contribution is 7.89. The number of nitrogens with one attached hydrogen (secondary N) is 2. The molecule has 0 radical (unpaired) electrons. The summed E-state index contributed by atoms with van der Waals surface area (Å²) in [6.07, 6.45) is 1.09. The van der Waals surface area contributed by atoms with Crippen LogP contribution in [0.15, 0.2) is 41.3 Å². The number of hydrogen-bond donors (Lipinski definition) is 2. The molecule has 2 heterocycles. The molecular formula is C24H27N3O7S. The van der Waals surface area contributed by atoms with Gasteiger partial charge in [-0.15, -0.1) is 0 Å². The molecule has 0 bridgehead atoms. The molecule has 2 aliphatic heterocycles. The number of benzene rings is 2. The van der Waals surface area contributed by atoms with Crippen LogP contribution in [0.2, 0.25) is 0 Å². The minimum absolute atomic E-state index is 0.0448. The van der Waals surface area contributed by atoms with E-state index < -0.39 is 21.9 Å². The molecule has 2 aromatic rings. The van der Waals surface area contributed by atoms with Crippen molar-refractivity contribution in [2.75, 3.05) is 36.9 Å². The van der Waals surface area contributed by atoms with Crippen LogP contribution >= 0.6 is 0 Å². The molecule has 2 amide bonds. The SMILES string of the molecule is CCOC(=O)c1ccc(NC(=O)[C@@H]2CCCN(S(=O)(=O)c3cc4c(cc3C)NC(=O)CO4)C2)cc1. The molecule has 35 heavy (non-hydrogen) atoms. The Morgan fingerprint density at radius 1 is 1.23 bits per heavy atom. The lowest BCUT2D eigenvalue weighted by molar-refractivity contribution is -0.121. The molecule has 2 N–H and O–H groups in total. The van der Waals surface area contributed by atoms with Gasteiger partial charge in [-0.05, 0) is 62.6 Å². The van der Waals surface area contributed by atoms with Gasteiger partial charge in [0.05, 0.1) is 28.7 Å². The monoisotopic (exact) mass is 501 g/mol. The van der Waals surface area contributed by atoms with Crippen molar-refractivity contribution in [3.05, 3.63) is 47.5 Å². The van der Waals surface area contributed by atoms with E-state index in [4.69, 9.17) is 9.47 Å². The molecule has 0 aromatic heterocycles. The molecule has 186 valence electrons. The molecule has 1 fully saturated rings. The van der Waals surface area contributed by atoms with Crippen LogP contribution in [0, 0.1) is 12.8 Å². The molecule has 0 saturated carbocycles. The fraction of sp³-hybridized carbons (Fsp3) is 0.375. The van der Waals surface area contributed by atoms with E-state index in [2.05, 4.69) is 10.6 Å². The Bertz CT molecular complexity index is 1260. The average Bonchev–Trinajstić information content (AvgIpc) is 2.84. The fourth-order valence-electron chi connectivity index (χ4n) is 4.16. The second-order valence-corrected chi connectivity index (χ2v) is 10.3. The summed E-state index contributed by atoms with van der Waals surface area (Å²) in [7, 11) is -3.89. The van der Waals surface area contributed by atoms with Gasteiger partial charge in [-0.3, -0.25) is 9.59 Å². The normalized spacial score (nSPS) is 18.1. The van der Waals surface area contributed by atoms with Gasteiger partial charge in [-0.1, -0.05) is 0 Å². The number of carbonyl (C=O) groups is 3. The quantitative estimate of drug-likeness (QED) is 0.582. The number of nitrogens with zero attached hydrogens (tertiary/aromatic N) is 1. The maximum atomic E-state index is 13.4. The van der Waals surface area contributed by atoms with Crippen LogP contribution in [-0.2, 0) is 24.3 Å². The molecule has 0 unspecified atom stereocenters. The van der Waals surface area contributed by atoms with Crippen molar-refractivity contribution in [3.8, 4) is 5.75 Å². The number of sulfonamides is 1. The van der Waals surface area contributed by atoms with Gasteiger partial charge < -0.3 is 20.1 Å². The summed E-state index contributed by atoms with van der Waals surface area (Å²) in [6.45, 7) is 3.81. The number of fused-ring (bicyclic) bond motifs is 1. The highest BCUT2D eigenvalue weighted by atomic mass is 32.2. The third-order valence-electron chi connectivity index (χ3n) is 5.95. The first kappa shape index (κ1) is 24.7. The molecule has 10 nitrogen and oxygen atoms in total.